The van der Waals surface area contributed by atoms with Gasteiger partial charge in [0.2, 0.25) is 0 Å². The zero-order valence-corrected chi connectivity index (χ0v) is 18.3. The van der Waals surface area contributed by atoms with Gasteiger partial charge < -0.3 is 0 Å². The van der Waals surface area contributed by atoms with Gasteiger partial charge in [-0.15, -0.1) is 0 Å². The SMILES string of the molecule is c1ccc(-c2nc(-c3ccccc3)nc(-c3cccc(-c4ccc5ccccc5n4)c3)n2)cc1. The van der Waals surface area contributed by atoms with Crippen LogP contribution in [-0.2, 0) is 0 Å². The molecule has 0 saturated heterocycles. The number of fused-ring (bicyclic) bond motifs is 1. The summed E-state index contributed by atoms with van der Waals surface area (Å²) in [6.45, 7) is 0. The normalized spacial score (nSPS) is 10.9. The second-order valence-corrected chi connectivity index (χ2v) is 8.01. The van der Waals surface area contributed by atoms with Crippen LogP contribution in [0.4, 0.5) is 0 Å². The minimum Gasteiger partial charge on any atom is -0.248 e. The van der Waals surface area contributed by atoms with Crippen LogP contribution in [0.3, 0.4) is 0 Å². The van der Waals surface area contributed by atoms with Crippen molar-refractivity contribution in [2.45, 2.75) is 0 Å². The molecule has 0 bridgehead atoms. The van der Waals surface area contributed by atoms with E-state index in [9.17, 15) is 0 Å². The van der Waals surface area contributed by atoms with Crippen LogP contribution in [0.2, 0.25) is 0 Å². The van der Waals surface area contributed by atoms with Crippen molar-refractivity contribution in [3.8, 4) is 45.4 Å². The van der Waals surface area contributed by atoms with Gasteiger partial charge in [-0.05, 0) is 18.2 Å². The number of para-hydroxylation sites is 1. The third-order valence-electron chi connectivity index (χ3n) is 5.71. The maximum atomic E-state index is 4.86. The van der Waals surface area contributed by atoms with Gasteiger partial charge in [0.15, 0.2) is 17.5 Å². The minimum atomic E-state index is 0.635. The molecule has 4 heteroatoms. The van der Waals surface area contributed by atoms with Crippen LogP contribution in [0.25, 0.3) is 56.3 Å². The molecular formula is C30H20N4. The predicted octanol–water partition coefficient (Wildman–Crippen LogP) is 7.09. The Morgan fingerprint density at radius 1 is 0.353 bits per heavy atom. The lowest BCUT2D eigenvalue weighted by molar-refractivity contribution is 1.07. The summed E-state index contributed by atoms with van der Waals surface area (Å²) in [6.07, 6.45) is 0. The monoisotopic (exact) mass is 436 g/mol. The van der Waals surface area contributed by atoms with E-state index in [1.807, 2.05) is 91.0 Å². The van der Waals surface area contributed by atoms with E-state index in [4.69, 9.17) is 19.9 Å². The zero-order valence-electron chi connectivity index (χ0n) is 18.3. The molecule has 0 spiro atoms. The van der Waals surface area contributed by atoms with Crippen molar-refractivity contribution in [1.29, 1.82) is 0 Å². The van der Waals surface area contributed by atoms with Gasteiger partial charge in [-0.3, -0.25) is 0 Å². The highest BCUT2D eigenvalue weighted by Crippen LogP contribution is 2.28. The van der Waals surface area contributed by atoms with Gasteiger partial charge in [0.05, 0.1) is 11.2 Å². The second kappa shape index (κ2) is 8.68. The molecule has 4 nitrogen and oxygen atoms in total. The molecule has 0 fully saturated rings. The van der Waals surface area contributed by atoms with Gasteiger partial charge in [-0.25, -0.2) is 19.9 Å². The Balaban J connectivity index is 1.48. The van der Waals surface area contributed by atoms with Gasteiger partial charge >= 0.3 is 0 Å². The summed E-state index contributed by atoms with van der Waals surface area (Å²) in [6, 6.07) is 40.5. The Morgan fingerprint density at radius 3 is 1.56 bits per heavy atom. The lowest BCUT2D eigenvalue weighted by Crippen LogP contribution is -2.00. The molecule has 4 aromatic carbocycles. The molecular weight excluding hydrogens is 416 g/mol. The van der Waals surface area contributed by atoms with Crippen molar-refractivity contribution in [2.24, 2.45) is 0 Å². The van der Waals surface area contributed by atoms with Crippen molar-refractivity contribution >= 4 is 10.9 Å². The molecule has 34 heavy (non-hydrogen) atoms. The standard InChI is InChI=1S/C30H20N4/c1-3-11-22(12-4-1)28-32-29(23-13-5-2-6-14-23)34-30(33-28)25-16-9-15-24(20-25)27-19-18-21-10-7-8-17-26(21)31-27/h1-20H. The van der Waals surface area contributed by atoms with Crippen LogP contribution in [0.15, 0.2) is 121 Å². The van der Waals surface area contributed by atoms with Gasteiger partial charge in [-0.2, -0.15) is 0 Å². The molecule has 0 aliphatic heterocycles. The molecule has 0 radical (unpaired) electrons. The number of benzene rings is 4. The molecule has 0 aliphatic rings. The predicted molar refractivity (Wildman–Crippen MR) is 137 cm³/mol. The van der Waals surface area contributed by atoms with E-state index in [1.54, 1.807) is 0 Å². The first-order chi connectivity index (χ1) is 16.8. The van der Waals surface area contributed by atoms with E-state index in [-0.39, 0.29) is 0 Å². The van der Waals surface area contributed by atoms with E-state index >= 15 is 0 Å². The topological polar surface area (TPSA) is 51.6 Å². The van der Waals surface area contributed by atoms with Crippen LogP contribution in [0, 0.1) is 0 Å². The van der Waals surface area contributed by atoms with Crippen LogP contribution in [0.5, 0.6) is 0 Å². The van der Waals surface area contributed by atoms with Gasteiger partial charge in [0, 0.05) is 27.6 Å². The highest BCUT2D eigenvalue weighted by molar-refractivity contribution is 5.82. The number of nitrogens with zero attached hydrogens (tertiary/aromatic N) is 4. The Labute approximate surface area is 197 Å². The third kappa shape index (κ3) is 3.93. The number of pyridine rings is 1. The molecule has 2 heterocycles. The summed E-state index contributed by atoms with van der Waals surface area (Å²) in [5, 5.41) is 1.12. The first kappa shape index (κ1) is 19.9. The summed E-state index contributed by atoms with van der Waals surface area (Å²) in [7, 11) is 0. The number of hydrogen-bond acceptors (Lipinski definition) is 4. The smallest absolute Gasteiger partial charge is 0.164 e. The van der Waals surface area contributed by atoms with Crippen LogP contribution >= 0.6 is 0 Å². The number of rotatable bonds is 4. The molecule has 0 amide bonds. The average Bonchev–Trinajstić information content (AvgIpc) is 2.93. The largest absolute Gasteiger partial charge is 0.248 e. The summed E-state index contributed by atoms with van der Waals surface area (Å²) in [5.41, 5.74) is 5.74. The third-order valence-corrected chi connectivity index (χ3v) is 5.71. The molecule has 0 aliphatic carbocycles. The minimum absolute atomic E-state index is 0.635. The molecule has 160 valence electrons. The molecule has 0 atom stereocenters. The highest BCUT2D eigenvalue weighted by atomic mass is 15.0. The maximum Gasteiger partial charge on any atom is 0.164 e. The van der Waals surface area contributed by atoms with Crippen molar-refractivity contribution in [1.82, 2.24) is 19.9 Å². The fraction of sp³-hybridized carbons (Fsp3) is 0. The molecule has 0 saturated carbocycles. The second-order valence-electron chi connectivity index (χ2n) is 8.01. The van der Waals surface area contributed by atoms with E-state index in [0.717, 1.165) is 38.9 Å². The molecule has 0 unspecified atom stereocenters. The van der Waals surface area contributed by atoms with Gasteiger partial charge in [0.1, 0.15) is 0 Å². The lowest BCUT2D eigenvalue weighted by atomic mass is 10.1. The summed E-state index contributed by atoms with van der Waals surface area (Å²) < 4.78 is 0. The summed E-state index contributed by atoms with van der Waals surface area (Å²) in [5.74, 6) is 1.94. The van der Waals surface area contributed by atoms with Crippen molar-refractivity contribution in [3.05, 3.63) is 121 Å². The molecule has 6 aromatic rings. The van der Waals surface area contributed by atoms with Gasteiger partial charge in [-0.1, -0.05) is 103 Å². The van der Waals surface area contributed by atoms with E-state index < -0.39 is 0 Å². The average molecular weight is 437 g/mol. The first-order valence-corrected chi connectivity index (χ1v) is 11.2. The Bertz CT molecular complexity index is 1540. The van der Waals surface area contributed by atoms with E-state index in [2.05, 4.69) is 30.3 Å². The maximum absolute atomic E-state index is 4.86. The number of hydrogen-bond donors (Lipinski definition) is 0. The number of aromatic nitrogens is 4. The van der Waals surface area contributed by atoms with Gasteiger partial charge in [0.25, 0.3) is 0 Å². The Kier molecular flexibility index (Phi) is 5.09. The van der Waals surface area contributed by atoms with Crippen LogP contribution < -0.4 is 0 Å². The quantitative estimate of drug-likeness (QED) is 0.296. The van der Waals surface area contributed by atoms with Crippen LogP contribution in [0.1, 0.15) is 0 Å². The summed E-state index contributed by atoms with van der Waals surface area (Å²) in [4.78, 5) is 19.3. The Morgan fingerprint density at radius 2 is 0.882 bits per heavy atom. The fourth-order valence-corrected chi connectivity index (χ4v) is 3.98. The molecule has 0 N–H and O–H groups in total. The zero-order chi connectivity index (χ0) is 22.7. The first-order valence-electron chi connectivity index (χ1n) is 11.2. The van der Waals surface area contributed by atoms with Crippen molar-refractivity contribution in [3.63, 3.8) is 0 Å². The molecule has 2 aromatic heterocycles. The lowest BCUT2D eigenvalue weighted by Gasteiger charge is -2.09. The summed E-state index contributed by atoms with van der Waals surface area (Å²) >= 11 is 0. The van der Waals surface area contributed by atoms with Crippen molar-refractivity contribution in [2.75, 3.05) is 0 Å². The van der Waals surface area contributed by atoms with Crippen LogP contribution in [-0.4, -0.2) is 19.9 Å². The molecule has 6 rings (SSSR count). The van der Waals surface area contributed by atoms with Crippen molar-refractivity contribution < 1.29 is 0 Å². The Hall–Kier alpha value is -4.70. The highest BCUT2D eigenvalue weighted by Gasteiger charge is 2.13. The fourth-order valence-electron chi connectivity index (χ4n) is 3.98. The van der Waals surface area contributed by atoms with E-state index in [1.165, 1.54) is 0 Å². The van der Waals surface area contributed by atoms with E-state index in [0.29, 0.717) is 17.5 Å².